The summed E-state index contributed by atoms with van der Waals surface area (Å²) in [6.45, 7) is 8.58. The Labute approximate surface area is 485 Å². The Hall–Kier alpha value is -7.62. The maximum absolute atomic E-state index is 14.9. The van der Waals surface area contributed by atoms with Gasteiger partial charge in [0.05, 0.1) is 15.9 Å². The van der Waals surface area contributed by atoms with Gasteiger partial charge in [0.25, 0.3) is 0 Å². The molecule has 0 aliphatic carbocycles. The minimum Gasteiger partial charge on any atom is -0.456 e. The number of esters is 1. The third-order valence-corrected chi connectivity index (χ3v) is 16.9. The molecule has 15 heteroatoms. The lowest BCUT2D eigenvalue weighted by molar-refractivity contribution is -0.148. The number of carbonyl (C=O) groups excluding carboxylic acids is 6. The molecule has 1 saturated heterocycles. The summed E-state index contributed by atoms with van der Waals surface area (Å²) >= 11 is 3.23. The van der Waals surface area contributed by atoms with E-state index in [9.17, 15) is 28.8 Å². The number of amides is 5. The lowest BCUT2D eigenvalue weighted by atomic mass is 9.84. The van der Waals surface area contributed by atoms with Crippen LogP contribution in [0.4, 0.5) is 4.79 Å². The molecule has 1 aliphatic heterocycles. The predicted octanol–water partition coefficient (Wildman–Crippen LogP) is 10.6. The van der Waals surface area contributed by atoms with Crippen LogP contribution in [0.3, 0.4) is 0 Å². The number of hydrogen-bond donors (Lipinski definition) is 5. The van der Waals surface area contributed by atoms with Crippen LogP contribution >= 0.6 is 23.5 Å². The molecule has 6 aromatic carbocycles. The number of rotatable bonds is 20. The van der Waals surface area contributed by atoms with Crippen molar-refractivity contribution in [1.29, 1.82) is 0 Å². The van der Waals surface area contributed by atoms with Crippen LogP contribution in [0.1, 0.15) is 100 Å². The Morgan fingerprint density at radius 2 is 1.05 bits per heavy atom. The first-order valence-corrected chi connectivity index (χ1v) is 29.7. The molecule has 1 heterocycles. The van der Waals surface area contributed by atoms with Gasteiger partial charge in [0.15, 0.2) is 0 Å². The van der Waals surface area contributed by atoms with Gasteiger partial charge >= 0.3 is 12.1 Å². The van der Waals surface area contributed by atoms with E-state index in [-0.39, 0.29) is 25.1 Å². The first kappa shape index (κ1) is 61.0. The Kier molecular flexibility index (Phi) is 22.4. The summed E-state index contributed by atoms with van der Waals surface area (Å²) in [7, 11) is 0. The van der Waals surface area contributed by atoms with Crippen molar-refractivity contribution >= 4 is 59.2 Å². The van der Waals surface area contributed by atoms with Crippen molar-refractivity contribution in [2.45, 2.75) is 106 Å². The van der Waals surface area contributed by atoms with E-state index in [0.717, 1.165) is 33.4 Å². The Bertz CT molecular complexity index is 2810. The molecule has 6 aromatic rings. The van der Waals surface area contributed by atoms with E-state index in [4.69, 9.17) is 9.47 Å². The number of benzene rings is 6. The van der Waals surface area contributed by atoms with Crippen molar-refractivity contribution in [3.8, 4) is 0 Å². The molecule has 0 aromatic heterocycles. The van der Waals surface area contributed by atoms with Crippen molar-refractivity contribution in [2.24, 2.45) is 5.92 Å². The van der Waals surface area contributed by atoms with Crippen LogP contribution < -0.4 is 26.6 Å². The van der Waals surface area contributed by atoms with E-state index in [2.05, 4.69) is 63.0 Å². The molecular weight excluding hydrogens is 1050 g/mol. The number of nitrogens with one attached hydrogen (secondary N) is 5. The second kappa shape index (κ2) is 29.7. The summed E-state index contributed by atoms with van der Waals surface area (Å²) < 4.78 is 9.88. The number of unbranched alkanes of at least 4 members (excludes halogenated alkanes) is 1. The fourth-order valence-corrected chi connectivity index (χ4v) is 12.9. The highest BCUT2D eigenvalue weighted by molar-refractivity contribution is 8.00. The molecule has 5 amide bonds. The molecule has 424 valence electrons. The number of ether oxygens (including phenoxy) is 2. The first-order chi connectivity index (χ1) is 39.1. The predicted molar refractivity (Wildman–Crippen MR) is 323 cm³/mol. The average Bonchev–Trinajstić information content (AvgIpc) is 3.56. The fraction of sp³-hybridized carbons (Fsp3) is 0.333. The average molecular weight is 1130 g/mol. The van der Waals surface area contributed by atoms with Gasteiger partial charge < -0.3 is 36.1 Å². The van der Waals surface area contributed by atoms with Crippen LogP contribution in [0, 0.1) is 5.92 Å². The van der Waals surface area contributed by atoms with Crippen LogP contribution in [-0.4, -0.2) is 90.1 Å². The quantitative estimate of drug-likeness (QED) is 0.0214. The first-order valence-electron chi connectivity index (χ1n) is 27.7. The maximum Gasteiger partial charge on any atom is 0.407 e. The zero-order valence-electron chi connectivity index (χ0n) is 46.8. The second-order valence-electron chi connectivity index (χ2n) is 21.2. The van der Waals surface area contributed by atoms with Gasteiger partial charge in [-0.25, -0.2) is 4.79 Å². The summed E-state index contributed by atoms with van der Waals surface area (Å²) in [5.41, 5.74) is 5.45. The highest BCUT2D eigenvalue weighted by Crippen LogP contribution is 2.50. The van der Waals surface area contributed by atoms with E-state index in [1.807, 2.05) is 152 Å². The van der Waals surface area contributed by atoms with Crippen molar-refractivity contribution < 1.29 is 38.2 Å². The summed E-state index contributed by atoms with van der Waals surface area (Å²) in [5.74, 6) is -3.06. The van der Waals surface area contributed by atoms with Gasteiger partial charge in [-0.15, -0.1) is 23.5 Å². The molecular formula is C66H75N5O8S2. The molecule has 1 fully saturated rings. The Morgan fingerprint density at radius 1 is 0.605 bits per heavy atom. The van der Waals surface area contributed by atoms with Gasteiger partial charge in [-0.1, -0.05) is 202 Å². The smallest absolute Gasteiger partial charge is 0.407 e. The van der Waals surface area contributed by atoms with Crippen LogP contribution in [0.5, 0.6) is 0 Å². The van der Waals surface area contributed by atoms with Gasteiger partial charge in [-0.3, -0.25) is 24.0 Å². The monoisotopic (exact) mass is 1130 g/mol. The molecule has 5 N–H and O–H groups in total. The van der Waals surface area contributed by atoms with E-state index >= 15 is 0 Å². The largest absolute Gasteiger partial charge is 0.456 e. The van der Waals surface area contributed by atoms with Crippen molar-refractivity contribution in [2.75, 3.05) is 24.6 Å². The zero-order valence-corrected chi connectivity index (χ0v) is 48.4. The molecule has 4 unspecified atom stereocenters. The minimum atomic E-state index is -1.24. The third kappa shape index (κ3) is 17.0. The lowest BCUT2D eigenvalue weighted by Crippen LogP contribution is -2.59. The molecule has 0 bridgehead atoms. The summed E-state index contributed by atoms with van der Waals surface area (Å²) in [4.78, 5) is 84.4. The van der Waals surface area contributed by atoms with Crippen LogP contribution in [-0.2, 0) is 42.9 Å². The van der Waals surface area contributed by atoms with Crippen LogP contribution in [0.25, 0.3) is 0 Å². The SMILES string of the molecule is CC(C)C1NC(=O)C(CSC(c2ccccc2)(c2ccccc2)c2ccccc2)NC(=O)C(CCCCNC(=O)OC(C)(C)C)NC(=O)CC(C=CCCSC(c2ccccc2)(c2ccccc2)c2ccccc2)OC(=O)CNC1=O. The third-order valence-electron chi connectivity index (χ3n) is 13.7. The molecule has 7 rings (SSSR count). The molecule has 1 aliphatic rings. The standard InChI is InChI=1S/C66H75N5O8S2/c1-47(2)59-62(76)68-45-58(73)78-54(40-25-27-43-80-65(48-28-12-6-13-29-48,49-30-14-7-15-31-49)50-32-16-8-17-33-50)44-57(72)69-55(41-24-26-42-67-63(77)79-64(3,4)5)60(74)70-56(61(75)71-59)46-81-66(51-34-18-9-19-35-51,52-36-20-10-21-37-52)53-38-22-11-23-39-53/h6-23,25,28-40,47,54-56,59H,24,26-27,41-46H2,1-5H3,(H,67,77)(H,68,76)(H,69,72)(H,70,74)(H,71,75). The number of cyclic esters (lactones) is 1. The maximum atomic E-state index is 14.9. The van der Waals surface area contributed by atoms with Gasteiger partial charge in [0.1, 0.15) is 36.4 Å². The van der Waals surface area contributed by atoms with Gasteiger partial charge in [0, 0.05) is 12.3 Å². The van der Waals surface area contributed by atoms with Gasteiger partial charge in [-0.05, 0) is 97.6 Å². The van der Waals surface area contributed by atoms with Crippen molar-refractivity contribution in [3.05, 3.63) is 228 Å². The number of carbonyl (C=O) groups is 6. The Morgan fingerprint density at radius 3 is 1.49 bits per heavy atom. The normalized spacial score (nSPS) is 18.0. The molecule has 0 spiro atoms. The fourth-order valence-electron chi connectivity index (χ4n) is 9.83. The van der Waals surface area contributed by atoms with Crippen LogP contribution in [0.15, 0.2) is 194 Å². The zero-order chi connectivity index (χ0) is 57.7. The number of thioether (sulfide) groups is 2. The second-order valence-corrected chi connectivity index (χ2v) is 23.8. The Balaban J connectivity index is 1.18. The highest BCUT2D eigenvalue weighted by Gasteiger charge is 2.41. The number of hydrogen-bond acceptors (Lipinski definition) is 10. The summed E-state index contributed by atoms with van der Waals surface area (Å²) in [6.07, 6.45) is 3.01. The molecule has 4 atom stereocenters. The summed E-state index contributed by atoms with van der Waals surface area (Å²) in [5, 5.41) is 14.2. The highest BCUT2D eigenvalue weighted by atomic mass is 32.2. The molecule has 13 nitrogen and oxygen atoms in total. The molecule has 81 heavy (non-hydrogen) atoms. The van der Waals surface area contributed by atoms with Gasteiger partial charge in [0.2, 0.25) is 23.6 Å². The van der Waals surface area contributed by atoms with E-state index in [1.54, 1.807) is 52.5 Å². The topological polar surface area (TPSA) is 181 Å². The molecule has 0 saturated carbocycles. The number of allylic oxidation sites excluding steroid dienone is 1. The minimum absolute atomic E-state index is 0.0177. The molecule has 0 radical (unpaired) electrons. The van der Waals surface area contributed by atoms with E-state index < -0.39 is 87.5 Å². The van der Waals surface area contributed by atoms with Gasteiger partial charge in [-0.2, -0.15) is 0 Å². The number of alkyl carbamates (subject to hydrolysis) is 1. The summed E-state index contributed by atoms with van der Waals surface area (Å²) in [6, 6.07) is 57.4. The van der Waals surface area contributed by atoms with Crippen molar-refractivity contribution in [3.63, 3.8) is 0 Å². The van der Waals surface area contributed by atoms with E-state index in [1.165, 1.54) is 11.8 Å². The van der Waals surface area contributed by atoms with Crippen LogP contribution in [0.2, 0.25) is 0 Å². The van der Waals surface area contributed by atoms with Crippen molar-refractivity contribution in [1.82, 2.24) is 26.6 Å². The van der Waals surface area contributed by atoms with E-state index in [0.29, 0.717) is 25.0 Å². The lowest BCUT2D eigenvalue weighted by Gasteiger charge is -2.37.